The summed E-state index contributed by atoms with van der Waals surface area (Å²) >= 11 is 0. The Labute approximate surface area is 166 Å². The molecule has 0 aliphatic heterocycles. The summed E-state index contributed by atoms with van der Waals surface area (Å²) in [7, 11) is 0. The summed E-state index contributed by atoms with van der Waals surface area (Å²) in [5.74, 6) is 0. The average Bonchev–Trinajstić information content (AvgIpc) is 3.30. The lowest BCUT2D eigenvalue weighted by atomic mass is 10.1. The molecule has 7 heteroatoms. The molecule has 0 unspecified atom stereocenters. The summed E-state index contributed by atoms with van der Waals surface area (Å²) < 4.78 is 3.26. The molecule has 0 fully saturated rings. The van der Waals surface area contributed by atoms with Crippen molar-refractivity contribution in [3.05, 3.63) is 107 Å². The molecule has 0 saturated carbocycles. The van der Waals surface area contributed by atoms with E-state index in [4.69, 9.17) is 0 Å². The molecule has 0 amide bonds. The Kier molecular flexibility index (Phi) is 4.18. The molecule has 0 aliphatic carbocycles. The molecule has 0 bridgehead atoms. The molecular weight excluding hydrogens is 364 g/mol. The first-order chi connectivity index (χ1) is 14.3. The van der Waals surface area contributed by atoms with Crippen LogP contribution < -0.4 is 5.56 Å². The maximum atomic E-state index is 13.4. The van der Waals surface area contributed by atoms with Crippen LogP contribution in [0.2, 0.25) is 0 Å². The zero-order valence-corrected chi connectivity index (χ0v) is 15.4. The van der Waals surface area contributed by atoms with Gasteiger partial charge in [-0.2, -0.15) is 5.10 Å². The number of pyridine rings is 1. The minimum absolute atomic E-state index is 0.184. The molecule has 3 aromatic heterocycles. The van der Waals surface area contributed by atoms with Gasteiger partial charge in [-0.3, -0.25) is 9.36 Å². The van der Waals surface area contributed by atoms with Gasteiger partial charge >= 0.3 is 0 Å². The number of benzene rings is 2. The molecule has 3 heterocycles. The molecule has 140 valence electrons. The second-order valence-electron chi connectivity index (χ2n) is 6.57. The van der Waals surface area contributed by atoms with Crippen molar-refractivity contribution in [2.75, 3.05) is 0 Å². The van der Waals surface area contributed by atoms with Crippen molar-refractivity contribution < 1.29 is 0 Å². The van der Waals surface area contributed by atoms with Crippen LogP contribution in [-0.4, -0.2) is 29.3 Å². The predicted octanol–water partition coefficient (Wildman–Crippen LogP) is 2.95. The Balaban J connectivity index is 1.72. The van der Waals surface area contributed by atoms with E-state index in [0.717, 1.165) is 11.3 Å². The molecule has 2 aromatic carbocycles. The van der Waals surface area contributed by atoms with E-state index in [2.05, 4.69) is 20.1 Å². The second-order valence-corrected chi connectivity index (χ2v) is 6.57. The maximum Gasteiger partial charge on any atom is 0.278 e. The molecule has 0 radical (unpaired) electrons. The third-order valence-corrected chi connectivity index (χ3v) is 4.67. The summed E-state index contributed by atoms with van der Waals surface area (Å²) in [5, 5.41) is 4.17. The average molecular weight is 380 g/mol. The quantitative estimate of drug-likeness (QED) is 0.479. The highest BCUT2D eigenvalue weighted by molar-refractivity contribution is 5.72. The number of hydrogen-bond donors (Lipinski definition) is 0. The van der Waals surface area contributed by atoms with Gasteiger partial charge in [-0.1, -0.05) is 36.4 Å². The fourth-order valence-corrected chi connectivity index (χ4v) is 3.33. The van der Waals surface area contributed by atoms with Gasteiger partial charge in [0.2, 0.25) is 0 Å². The monoisotopic (exact) mass is 380 g/mol. The third kappa shape index (κ3) is 3.19. The number of nitrogens with zero attached hydrogens (tertiary/aromatic N) is 6. The highest BCUT2D eigenvalue weighted by Crippen LogP contribution is 2.17. The van der Waals surface area contributed by atoms with Gasteiger partial charge in [0, 0.05) is 12.6 Å². The smallest absolute Gasteiger partial charge is 0.267 e. The van der Waals surface area contributed by atoms with E-state index in [1.165, 1.54) is 6.33 Å². The zero-order valence-electron chi connectivity index (χ0n) is 15.4. The van der Waals surface area contributed by atoms with E-state index in [1.54, 1.807) is 21.8 Å². The van der Waals surface area contributed by atoms with Crippen LogP contribution in [0.15, 0.2) is 90.4 Å². The van der Waals surface area contributed by atoms with E-state index in [-0.39, 0.29) is 5.56 Å². The van der Waals surface area contributed by atoms with E-state index in [9.17, 15) is 4.79 Å². The Morgan fingerprint density at radius 2 is 1.76 bits per heavy atom. The normalized spacial score (nSPS) is 11.0. The molecule has 5 aromatic rings. The van der Waals surface area contributed by atoms with Crippen LogP contribution in [0, 0.1) is 0 Å². The van der Waals surface area contributed by atoms with Crippen molar-refractivity contribution in [1.82, 2.24) is 29.3 Å². The van der Waals surface area contributed by atoms with Gasteiger partial charge in [0.05, 0.1) is 11.4 Å². The van der Waals surface area contributed by atoms with Gasteiger partial charge < -0.3 is 0 Å². The first-order valence-corrected chi connectivity index (χ1v) is 9.15. The summed E-state index contributed by atoms with van der Waals surface area (Å²) in [6.45, 7) is 0. The van der Waals surface area contributed by atoms with Crippen molar-refractivity contribution >= 4 is 11.2 Å². The highest BCUT2D eigenvalue weighted by Gasteiger charge is 2.14. The Hall–Kier alpha value is -4.13. The lowest BCUT2D eigenvalue weighted by Crippen LogP contribution is -2.25. The van der Waals surface area contributed by atoms with Crippen LogP contribution in [-0.2, 0) is 6.42 Å². The largest absolute Gasteiger partial charge is 0.278 e. The van der Waals surface area contributed by atoms with Crippen LogP contribution in [0.4, 0.5) is 0 Å². The van der Waals surface area contributed by atoms with Crippen molar-refractivity contribution in [3.63, 3.8) is 0 Å². The van der Waals surface area contributed by atoms with Gasteiger partial charge in [0.25, 0.3) is 5.56 Å². The fraction of sp³-hybridized carbons (Fsp3) is 0.0455. The van der Waals surface area contributed by atoms with Crippen molar-refractivity contribution in [3.8, 4) is 11.4 Å². The zero-order chi connectivity index (χ0) is 19.6. The topological polar surface area (TPSA) is 78.5 Å². The van der Waals surface area contributed by atoms with E-state index < -0.39 is 0 Å². The molecular formula is C22H16N6O. The molecule has 29 heavy (non-hydrogen) atoms. The number of fused-ring (bicyclic) bond motifs is 1. The van der Waals surface area contributed by atoms with Crippen LogP contribution in [0.5, 0.6) is 0 Å². The Morgan fingerprint density at radius 3 is 2.59 bits per heavy atom. The highest BCUT2D eigenvalue weighted by atomic mass is 16.1. The molecule has 0 N–H and O–H groups in total. The summed E-state index contributed by atoms with van der Waals surface area (Å²) in [6, 6.07) is 21.1. The van der Waals surface area contributed by atoms with Crippen molar-refractivity contribution in [2.24, 2.45) is 0 Å². The third-order valence-electron chi connectivity index (χ3n) is 4.67. The lowest BCUT2D eigenvalue weighted by Gasteiger charge is -2.12. The number of rotatable bonds is 4. The van der Waals surface area contributed by atoms with Crippen LogP contribution in [0.3, 0.4) is 0 Å². The molecule has 0 spiro atoms. The molecule has 0 saturated heterocycles. The predicted molar refractivity (Wildman–Crippen MR) is 109 cm³/mol. The molecule has 0 aliphatic rings. The molecule has 0 atom stereocenters. The maximum absolute atomic E-state index is 13.4. The van der Waals surface area contributed by atoms with Gasteiger partial charge in [0.15, 0.2) is 5.65 Å². The van der Waals surface area contributed by atoms with Gasteiger partial charge in [-0.15, -0.1) is 0 Å². The number of aromatic nitrogens is 6. The minimum atomic E-state index is -0.184. The standard InChI is InChI=1S/C22H16N6O/c29-22-20(12-16-6-2-1-3-7-16)26-19-10-5-11-24-21(19)28(22)18-9-4-8-17(13-18)27-15-23-14-25-27/h1-11,13-15H,12H2. The first-order valence-electron chi connectivity index (χ1n) is 9.15. The minimum Gasteiger partial charge on any atom is -0.267 e. The SMILES string of the molecule is O=c1c(Cc2ccccc2)nc2cccnc2n1-c1cccc(-n2cncn2)c1. The van der Waals surface area contributed by atoms with Crippen LogP contribution in [0.1, 0.15) is 11.3 Å². The molecule has 5 rings (SSSR count). The summed E-state index contributed by atoms with van der Waals surface area (Å²) in [4.78, 5) is 26.4. The summed E-state index contributed by atoms with van der Waals surface area (Å²) in [5.41, 5.74) is 4.01. The second kappa shape index (κ2) is 7.12. The fourth-order valence-electron chi connectivity index (χ4n) is 3.33. The van der Waals surface area contributed by atoms with Crippen molar-refractivity contribution in [1.29, 1.82) is 0 Å². The summed E-state index contributed by atoms with van der Waals surface area (Å²) in [6.07, 6.45) is 5.21. The van der Waals surface area contributed by atoms with Crippen LogP contribution >= 0.6 is 0 Å². The van der Waals surface area contributed by atoms with Gasteiger partial charge in [-0.05, 0) is 35.9 Å². The molecule has 7 nitrogen and oxygen atoms in total. The number of hydrogen-bond acceptors (Lipinski definition) is 5. The Bertz CT molecular complexity index is 1340. The lowest BCUT2D eigenvalue weighted by molar-refractivity contribution is 0.871. The van der Waals surface area contributed by atoms with Crippen molar-refractivity contribution in [2.45, 2.75) is 6.42 Å². The van der Waals surface area contributed by atoms with Gasteiger partial charge in [-0.25, -0.2) is 19.6 Å². The first kappa shape index (κ1) is 17.0. The van der Waals surface area contributed by atoms with E-state index >= 15 is 0 Å². The van der Waals surface area contributed by atoms with E-state index in [0.29, 0.717) is 29.0 Å². The van der Waals surface area contributed by atoms with Crippen LogP contribution in [0.25, 0.3) is 22.5 Å². The van der Waals surface area contributed by atoms with E-state index in [1.807, 2.05) is 66.7 Å². The Morgan fingerprint density at radius 1 is 0.897 bits per heavy atom. The van der Waals surface area contributed by atoms with Gasteiger partial charge in [0.1, 0.15) is 23.9 Å².